The Labute approximate surface area is 90.8 Å². The number of ether oxygens (including phenoxy) is 1. The van der Waals surface area contributed by atoms with Gasteiger partial charge in [-0.25, -0.2) is 0 Å². The second kappa shape index (κ2) is 4.49. The van der Waals surface area contributed by atoms with Crippen LogP contribution in [-0.4, -0.2) is 38.3 Å². The molecule has 0 aromatic heterocycles. The van der Waals surface area contributed by atoms with Crippen molar-refractivity contribution in [1.82, 2.24) is 10.6 Å². The number of nitrogens with one attached hydrogen (secondary N) is 2. The molecule has 0 aliphatic carbocycles. The fraction of sp³-hybridized carbons (Fsp3) is 0.909. The van der Waals surface area contributed by atoms with Crippen molar-refractivity contribution < 1.29 is 9.53 Å². The number of esters is 1. The number of hydrogen-bond donors (Lipinski definition) is 2. The molecule has 2 unspecified atom stereocenters. The highest BCUT2D eigenvalue weighted by Crippen LogP contribution is 2.35. The Kier molecular flexibility index (Phi) is 3.26. The predicted octanol–water partition coefficient (Wildman–Crippen LogP) is 0.281. The zero-order chi connectivity index (χ0) is 10.7. The summed E-state index contributed by atoms with van der Waals surface area (Å²) in [5, 5.41) is 6.78. The molecule has 2 rings (SSSR count). The first-order valence-corrected chi connectivity index (χ1v) is 5.91. The lowest BCUT2D eigenvalue weighted by Gasteiger charge is -2.45. The minimum atomic E-state index is -0.299. The molecule has 0 aromatic rings. The van der Waals surface area contributed by atoms with Gasteiger partial charge in [0.05, 0.1) is 12.0 Å². The van der Waals surface area contributed by atoms with E-state index in [4.69, 9.17) is 4.74 Å². The van der Waals surface area contributed by atoms with Crippen molar-refractivity contribution in [2.75, 3.05) is 26.2 Å². The molecule has 2 fully saturated rings. The Hall–Kier alpha value is -0.610. The summed E-state index contributed by atoms with van der Waals surface area (Å²) in [5.41, 5.74) is -0.299. The van der Waals surface area contributed by atoms with E-state index in [1.54, 1.807) is 0 Å². The van der Waals surface area contributed by atoms with Gasteiger partial charge in [0.2, 0.25) is 0 Å². The van der Waals surface area contributed by atoms with E-state index in [9.17, 15) is 4.79 Å². The zero-order valence-electron chi connectivity index (χ0n) is 9.34. The standard InChI is InChI=1S/C11H20N2O2/c1-2-15-10(14)11-5-3-6-13-9(11)4-7-12-8-11/h9,12-13H,2-8H2,1H3. The molecule has 2 saturated heterocycles. The first kappa shape index (κ1) is 10.9. The molecule has 2 N–H and O–H groups in total. The van der Waals surface area contributed by atoms with Crippen LogP contribution in [0.5, 0.6) is 0 Å². The lowest BCUT2D eigenvalue weighted by molar-refractivity contribution is -0.160. The van der Waals surface area contributed by atoms with Gasteiger partial charge in [0.1, 0.15) is 0 Å². The maximum Gasteiger partial charge on any atom is 0.314 e. The highest BCUT2D eigenvalue weighted by Gasteiger charge is 2.49. The normalized spacial score (nSPS) is 35.7. The van der Waals surface area contributed by atoms with Crippen LogP contribution in [0.3, 0.4) is 0 Å². The van der Waals surface area contributed by atoms with E-state index < -0.39 is 0 Å². The Morgan fingerprint density at radius 3 is 3.20 bits per heavy atom. The molecule has 15 heavy (non-hydrogen) atoms. The van der Waals surface area contributed by atoms with E-state index in [1.807, 2.05) is 6.92 Å². The summed E-state index contributed by atoms with van der Waals surface area (Å²) in [5.74, 6) is -0.0191. The molecular weight excluding hydrogens is 192 g/mol. The topological polar surface area (TPSA) is 50.4 Å². The number of carbonyl (C=O) groups is 1. The summed E-state index contributed by atoms with van der Waals surface area (Å²) in [7, 11) is 0. The third kappa shape index (κ3) is 1.88. The van der Waals surface area contributed by atoms with E-state index in [0.29, 0.717) is 12.6 Å². The molecule has 0 bridgehead atoms. The van der Waals surface area contributed by atoms with Crippen LogP contribution in [0.4, 0.5) is 0 Å². The van der Waals surface area contributed by atoms with E-state index >= 15 is 0 Å². The van der Waals surface area contributed by atoms with Gasteiger partial charge in [0, 0.05) is 12.6 Å². The molecule has 2 aliphatic heterocycles. The van der Waals surface area contributed by atoms with Gasteiger partial charge < -0.3 is 15.4 Å². The van der Waals surface area contributed by atoms with Crippen molar-refractivity contribution in [3.63, 3.8) is 0 Å². The van der Waals surface area contributed by atoms with Crippen molar-refractivity contribution in [3.8, 4) is 0 Å². The monoisotopic (exact) mass is 212 g/mol. The molecule has 4 heteroatoms. The maximum atomic E-state index is 12.1. The van der Waals surface area contributed by atoms with E-state index in [-0.39, 0.29) is 11.4 Å². The molecule has 0 aromatic carbocycles. The molecule has 0 spiro atoms. The SMILES string of the molecule is CCOC(=O)C12CCCNC1CCNC2. The summed E-state index contributed by atoms with van der Waals surface area (Å²) in [6.07, 6.45) is 3.05. The second-order valence-electron chi connectivity index (χ2n) is 4.45. The fourth-order valence-electron chi connectivity index (χ4n) is 2.79. The average Bonchev–Trinajstić information content (AvgIpc) is 2.29. The molecule has 4 nitrogen and oxygen atoms in total. The largest absolute Gasteiger partial charge is 0.465 e. The van der Waals surface area contributed by atoms with Crippen LogP contribution in [0.1, 0.15) is 26.2 Å². The summed E-state index contributed by atoms with van der Waals surface area (Å²) in [4.78, 5) is 12.1. The van der Waals surface area contributed by atoms with Gasteiger partial charge in [-0.2, -0.15) is 0 Å². The average molecular weight is 212 g/mol. The van der Waals surface area contributed by atoms with Gasteiger partial charge >= 0.3 is 5.97 Å². The Bertz CT molecular complexity index is 231. The van der Waals surface area contributed by atoms with Crippen LogP contribution >= 0.6 is 0 Å². The molecule has 2 heterocycles. The summed E-state index contributed by atoms with van der Waals surface area (Å²) >= 11 is 0. The third-order valence-corrected chi connectivity index (χ3v) is 3.59. The number of piperidine rings is 2. The van der Waals surface area contributed by atoms with Gasteiger partial charge in [-0.3, -0.25) is 4.79 Å². The predicted molar refractivity (Wildman–Crippen MR) is 57.6 cm³/mol. The van der Waals surface area contributed by atoms with Crippen molar-refractivity contribution in [2.24, 2.45) is 5.41 Å². The molecule has 2 aliphatic rings. The van der Waals surface area contributed by atoms with Crippen molar-refractivity contribution >= 4 is 5.97 Å². The summed E-state index contributed by atoms with van der Waals surface area (Å²) < 4.78 is 5.22. The van der Waals surface area contributed by atoms with E-state index in [1.165, 1.54) is 0 Å². The van der Waals surface area contributed by atoms with Gasteiger partial charge in [-0.1, -0.05) is 0 Å². The quantitative estimate of drug-likeness (QED) is 0.646. The second-order valence-corrected chi connectivity index (χ2v) is 4.45. The van der Waals surface area contributed by atoms with Crippen molar-refractivity contribution in [1.29, 1.82) is 0 Å². The number of carbonyl (C=O) groups excluding carboxylic acids is 1. The summed E-state index contributed by atoms with van der Waals surface area (Å²) in [6, 6.07) is 0.312. The minimum Gasteiger partial charge on any atom is -0.465 e. The Morgan fingerprint density at radius 2 is 2.40 bits per heavy atom. The fourth-order valence-corrected chi connectivity index (χ4v) is 2.79. The summed E-state index contributed by atoms with van der Waals surface area (Å²) in [6.45, 7) is 5.15. The van der Waals surface area contributed by atoms with Gasteiger partial charge in [0.15, 0.2) is 0 Å². The molecule has 0 amide bonds. The minimum absolute atomic E-state index is 0.0191. The zero-order valence-corrected chi connectivity index (χ0v) is 9.34. The highest BCUT2D eigenvalue weighted by molar-refractivity contribution is 5.78. The lowest BCUT2D eigenvalue weighted by atomic mass is 9.71. The van der Waals surface area contributed by atoms with Crippen LogP contribution in [0.15, 0.2) is 0 Å². The van der Waals surface area contributed by atoms with Gasteiger partial charge in [0.25, 0.3) is 0 Å². The van der Waals surface area contributed by atoms with E-state index in [0.717, 1.165) is 38.9 Å². The van der Waals surface area contributed by atoms with Gasteiger partial charge in [-0.15, -0.1) is 0 Å². The Morgan fingerprint density at radius 1 is 1.53 bits per heavy atom. The van der Waals surface area contributed by atoms with E-state index in [2.05, 4.69) is 10.6 Å². The van der Waals surface area contributed by atoms with Crippen molar-refractivity contribution in [2.45, 2.75) is 32.2 Å². The van der Waals surface area contributed by atoms with Gasteiger partial charge in [-0.05, 0) is 39.3 Å². The van der Waals surface area contributed by atoms with Crippen LogP contribution in [-0.2, 0) is 9.53 Å². The highest BCUT2D eigenvalue weighted by atomic mass is 16.5. The number of hydrogen-bond acceptors (Lipinski definition) is 4. The molecular formula is C11H20N2O2. The molecule has 0 saturated carbocycles. The lowest BCUT2D eigenvalue weighted by Crippen LogP contribution is -2.62. The van der Waals surface area contributed by atoms with Crippen LogP contribution in [0.2, 0.25) is 0 Å². The Balaban J connectivity index is 2.14. The number of rotatable bonds is 2. The third-order valence-electron chi connectivity index (χ3n) is 3.59. The van der Waals surface area contributed by atoms with Crippen molar-refractivity contribution in [3.05, 3.63) is 0 Å². The van der Waals surface area contributed by atoms with Crippen LogP contribution in [0.25, 0.3) is 0 Å². The molecule has 86 valence electrons. The first-order chi connectivity index (χ1) is 7.29. The van der Waals surface area contributed by atoms with Crippen LogP contribution in [0, 0.1) is 5.41 Å². The first-order valence-electron chi connectivity index (χ1n) is 5.91. The van der Waals surface area contributed by atoms with Crippen LogP contribution < -0.4 is 10.6 Å². The smallest absolute Gasteiger partial charge is 0.314 e. The number of fused-ring (bicyclic) bond motifs is 1. The maximum absolute atomic E-state index is 12.1. The molecule has 2 atom stereocenters. The molecule has 0 radical (unpaired) electrons.